The highest BCUT2D eigenvalue weighted by atomic mass is 79.9. The third-order valence-electron chi connectivity index (χ3n) is 2.88. The van der Waals surface area contributed by atoms with E-state index in [2.05, 4.69) is 47.8 Å². The van der Waals surface area contributed by atoms with Crippen LogP contribution < -0.4 is 10.5 Å². The minimum atomic E-state index is -0.266. The van der Waals surface area contributed by atoms with Gasteiger partial charge in [0.1, 0.15) is 5.75 Å². The molecule has 6 heteroatoms. The van der Waals surface area contributed by atoms with Gasteiger partial charge in [-0.2, -0.15) is 0 Å². The van der Waals surface area contributed by atoms with Crippen molar-refractivity contribution in [1.29, 1.82) is 5.41 Å². The molecule has 0 unspecified atom stereocenters. The monoisotopic (exact) mass is 454 g/mol. The Morgan fingerprint density at radius 2 is 1.79 bits per heavy atom. The highest BCUT2D eigenvalue weighted by Gasteiger charge is 2.21. The van der Waals surface area contributed by atoms with Gasteiger partial charge in [-0.25, -0.2) is 0 Å². The molecule has 0 aliphatic carbocycles. The quantitative estimate of drug-likeness (QED) is 0.355. The van der Waals surface area contributed by atoms with Crippen LogP contribution in [0.4, 0.5) is 0 Å². The van der Waals surface area contributed by atoms with E-state index in [9.17, 15) is 0 Å². The molecule has 0 aliphatic rings. The lowest BCUT2D eigenvalue weighted by Gasteiger charge is -2.22. The summed E-state index contributed by atoms with van der Waals surface area (Å²) in [6.45, 7) is 4.54. The highest BCUT2D eigenvalue weighted by Crippen LogP contribution is 2.36. The lowest BCUT2D eigenvalue weighted by Crippen LogP contribution is -2.31. The molecule has 106 valence electrons. The maximum Gasteiger partial charge on any atom is 0.147 e. The van der Waals surface area contributed by atoms with Gasteiger partial charge in [-0.05, 0) is 56.8 Å². The van der Waals surface area contributed by atoms with Crippen LogP contribution >= 0.6 is 47.8 Å². The van der Waals surface area contributed by atoms with E-state index in [1.807, 2.05) is 26.0 Å². The van der Waals surface area contributed by atoms with Crippen LogP contribution in [0.25, 0.3) is 0 Å². The van der Waals surface area contributed by atoms with Crippen LogP contribution in [0.3, 0.4) is 0 Å². The molecule has 0 heterocycles. The summed E-state index contributed by atoms with van der Waals surface area (Å²) in [5, 5.41) is 7.51. The Morgan fingerprint density at radius 1 is 1.26 bits per heavy atom. The molecule has 0 fully saturated rings. The Labute approximate surface area is 139 Å². The second-order valence-corrected chi connectivity index (χ2v) is 7.57. The molecule has 0 bridgehead atoms. The maximum absolute atomic E-state index is 7.51. The number of benzene rings is 1. The minimum Gasteiger partial charge on any atom is -0.491 e. The standard InChI is InChI=1S/C13H17Br3N2O/c1-13(2,12(17)18)4-3-5-19-11-9(15)6-8(14)7-10(11)16/h6-7H,3-5H2,1-2H3,(H3,17,18). The van der Waals surface area contributed by atoms with Gasteiger partial charge in [0, 0.05) is 9.89 Å². The van der Waals surface area contributed by atoms with Crippen LogP contribution in [0.2, 0.25) is 0 Å². The Morgan fingerprint density at radius 3 is 2.26 bits per heavy atom. The first-order valence-electron chi connectivity index (χ1n) is 5.86. The summed E-state index contributed by atoms with van der Waals surface area (Å²) in [7, 11) is 0. The van der Waals surface area contributed by atoms with Crippen LogP contribution in [0.1, 0.15) is 26.7 Å². The van der Waals surface area contributed by atoms with E-state index >= 15 is 0 Å². The molecule has 0 spiro atoms. The third kappa shape index (κ3) is 5.08. The van der Waals surface area contributed by atoms with Crippen molar-refractivity contribution in [2.75, 3.05) is 6.61 Å². The number of rotatable bonds is 6. The van der Waals surface area contributed by atoms with Crippen molar-refractivity contribution in [1.82, 2.24) is 0 Å². The van der Waals surface area contributed by atoms with Crippen molar-refractivity contribution in [3.8, 4) is 5.75 Å². The van der Waals surface area contributed by atoms with Crippen molar-refractivity contribution < 1.29 is 4.74 Å². The summed E-state index contributed by atoms with van der Waals surface area (Å²) in [4.78, 5) is 0. The number of hydrogen-bond acceptors (Lipinski definition) is 2. The Balaban J connectivity index is 2.53. The van der Waals surface area contributed by atoms with E-state index in [1.54, 1.807) is 0 Å². The predicted octanol–water partition coefficient (Wildman–Crippen LogP) is 5.10. The van der Waals surface area contributed by atoms with Crippen molar-refractivity contribution in [3.05, 3.63) is 25.6 Å². The molecule has 1 aromatic rings. The van der Waals surface area contributed by atoms with E-state index in [1.165, 1.54) is 0 Å². The van der Waals surface area contributed by atoms with Crippen LogP contribution in [0.5, 0.6) is 5.75 Å². The minimum absolute atomic E-state index is 0.221. The molecule has 0 amide bonds. The predicted molar refractivity (Wildman–Crippen MR) is 90.0 cm³/mol. The number of hydrogen-bond donors (Lipinski definition) is 2. The summed E-state index contributed by atoms with van der Waals surface area (Å²) in [5.74, 6) is 1.02. The van der Waals surface area contributed by atoms with Crippen LogP contribution in [-0.2, 0) is 0 Å². The van der Waals surface area contributed by atoms with E-state index in [-0.39, 0.29) is 11.3 Å². The summed E-state index contributed by atoms with van der Waals surface area (Å²) >= 11 is 10.4. The van der Waals surface area contributed by atoms with Crippen LogP contribution in [-0.4, -0.2) is 12.4 Å². The summed E-state index contributed by atoms with van der Waals surface area (Å²) in [5.41, 5.74) is 5.28. The zero-order chi connectivity index (χ0) is 14.6. The van der Waals surface area contributed by atoms with Gasteiger partial charge in [0.05, 0.1) is 21.4 Å². The fourth-order valence-electron chi connectivity index (χ4n) is 1.49. The topological polar surface area (TPSA) is 59.1 Å². The molecular weight excluding hydrogens is 440 g/mol. The van der Waals surface area contributed by atoms with Crippen molar-refractivity contribution in [3.63, 3.8) is 0 Å². The molecule has 0 saturated heterocycles. The first-order valence-corrected chi connectivity index (χ1v) is 8.24. The van der Waals surface area contributed by atoms with Gasteiger partial charge in [0.15, 0.2) is 0 Å². The zero-order valence-electron chi connectivity index (χ0n) is 10.9. The molecule has 0 atom stereocenters. The molecule has 1 rings (SSSR count). The summed E-state index contributed by atoms with van der Waals surface area (Å²) in [6, 6.07) is 3.89. The van der Waals surface area contributed by atoms with Gasteiger partial charge < -0.3 is 10.5 Å². The first-order chi connectivity index (χ1) is 8.74. The number of halogens is 3. The van der Waals surface area contributed by atoms with E-state index in [4.69, 9.17) is 15.9 Å². The Kier molecular flexibility index (Phi) is 6.33. The molecule has 0 radical (unpaired) electrons. The molecular formula is C13H17Br3N2O. The molecule has 0 saturated carbocycles. The molecule has 0 aromatic heterocycles. The van der Waals surface area contributed by atoms with Gasteiger partial charge in [0.2, 0.25) is 0 Å². The molecule has 1 aromatic carbocycles. The highest BCUT2D eigenvalue weighted by molar-refractivity contribution is 9.11. The smallest absolute Gasteiger partial charge is 0.147 e. The average Bonchev–Trinajstić information content (AvgIpc) is 2.26. The van der Waals surface area contributed by atoms with Gasteiger partial charge >= 0.3 is 0 Å². The SMILES string of the molecule is CC(C)(CCCOc1c(Br)cc(Br)cc1Br)C(=N)N. The number of nitrogens with two attached hydrogens (primary N) is 1. The Hall–Kier alpha value is -0.0700. The number of ether oxygens (including phenoxy) is 1. The first kappa shape index (κ1) is 17.0. The van der Waals surface area contributed by atoms with E-state index < -0.39 is 0 Å². The Bertz CT molecular complexity index is 452. The molecule has 0 aliphatic heterocycles. The lowest BCUT2D eigenvalue weighted by atomic mass is 9.87. The lowest BCUT2D eigenvalue weighted by molar-refractivity contribution is 0.284. The van der Waals surface area contributed by atoms with Crippen molar-refractivity contribution in [2.45, 2.75) is 26.7 Å². The van der Waals surface area contributed by atoms with Gasteiger partial charge in [-0.15, -0.1) is 0 Å². The molecule has 3 nitrogen and oxygen atoms in total. The van der Waals surface area contributed by atoms with Crippen molar-refractivity contribution in [2.24, 2.45) is 11.1 Å². The largest absolute Gasteiger partial charge is 0.491 e. The maximum atomic E-state index is 7.51. The van der Waals surface area contributed by atoms with E-state index in [0.29, 0.717) is 6.61 Å². The molecule has 19 heavy (non-hydrogen) atoms. The normalized spacial score (nSPS) is 11.4. The van der Waals surface area contributed by atoms with Crippen molar-refractivity contribution >= 4 is 53.6 Å². The number of amidine groups is 1. The summed E-state index contributed by atoms with van der Waals surface area (Å²) in [6.07, 6.45) is 1.68. The fraction of sp³-hybridized carbons (Fsp3) is 0.462. The van der Waals surface area contributed by atoms with Gasteiger partial charge in [0.25, 0.3) is 0 Å². The average molecular weight is 457 g/mol. The zero-order valence-corrected chi connectivity index (χ0v) is 15.7. The van der Waals surface area contributed by atoms with Gasteiger partial charge in [-0.3, -0.25) is 5.41 Å². The van der Waals surface area contributed by atoms with Gasteiger partial charge in [-0.1, -0.05) is 29.8 Å². The fourth-order valence-corrected chi connectivity index (χ4v) is 3.98. The van der Waals surface area contributed by atoms with Crippen LogP contribution in [0, 0.1) is 10.8 Å². The summed E-state index contributed by atoms with van der Waals surface area (Å²) < 4.78 is 8.56. The molecule has 3 N–H and O–H groups in total. The second-order valence-electron chi connectivity index (χ2n) is 4.95. The third-order valence-corrected chi connectivity index (χ3v) is 4.52. The van der Waals surface area contributed by atoms with Crippen LogP contribution in [0.15, 0.2) is 25.6 Å². The second kappa shape index (κ2) is 7.09. The van der Waals surface area contributed by atoms with E-state index in [0.717, 1.165) is 32.0 Å². The number of nitrogens with one attached hydrogen (secondary N) is 1.